The maximum atomic E-state index is 10.4. The molecule has 1 aliphatic rings. The molecule has 0 amide bonds. The van der Waals surface area contributed by atoms with Crippen LogP contribution in [0.15, 0.2) is 24.3 Å². The molecule has 2 rings (SSSR count). The molecule has 80 valence electrons. The van der Waals surface area contributed by atoms with E-state index >= 15 is 0 Å². The molecule has 1 saturated heterocycles. The highest BCUT2D eigenvalue weighted by Crippen LogP contribution is 2.29. The van der Waals surface area contributed by atoms with Gasteiger partial charge in [-0.1, -0.05) is 12.1 Å². The van der Waals surface area contributed by atoms with Crippen LogP contribution in [-0.4, -0.2) is 19.6 Å². The van der Waals surface area contributed by atoms with Gasteiger partial charge in [0.1, 0.15) is 0 Å². The second-order valence-corrected chi connectivity index (χ2v) is 3.73. The van der Waals surface area contributed by atoms with Crippen LogP contribution in [0.1, 0.15) is 19.3 Å². The lowest BCUT2D eigenvalue weighted by atomic mass is 10.1. The highest BCUT2D eigenvalue weighted by Gasteiger charge is 2.14. The average molecular weight is 205 g/mol. The Balaban J connectivity index is 2.20. The van der Waals surface area contributed by atoms with Crippen molar-refractivity contribution in [3.05, 3.63) is 24.3 Å². The molecule has 0 radical (unpaired) electrons. The Bertz CT molecular complexity index is 332. The normalized spacial score (nSPS) is 16.1. The lowest BCUT2D eigenvalue weighted by Crippen LogP contribution is -2.29. The van der Waals surface area contributed by atoms with E-state index in [-0.39, 0.29) is 0 Å². The first-order valence-electron chi connectivity index (χ1n) is 5.36. The SMILES string of the molecule is O=COc1ccccc1N1CCCCC1. The quantitative estimate of drug-likeness (QED) is 0.708. The largest absolute Gasteiger partial charge is 0.427 e. The van der Waals surface area contributed by atoms with E-state index in [1.54, 1.807) is 0 Å². The summed E-state index contributed by atoms with van der Waals surface area (Å²) < 4.78 is 4.97. The first-order chi connectivity index (χ1) is 7.42. The van der Waals surface area contributed by atoms with E-state index in [4.69, 9.17) is 4.74 Å². The lowest BCUT2D eigenvalue weighted by molar-refractivity contribution is -0.120. The second-order valence-electron chi connectivity index (χ2n) is 3.73. The molecule has 0 aromatic heterocycles. The van der Waals surface area contributed by atoms with E-state index in [0.717, 1.165) is 18.8 Å². The fourth-order valence-electron chi connectivity index (χ4n) is 2.00. The van der Waals surface area contributed by atoms with Crippen LogP contribution < -0.4 is 9.64 Å². The maximum Gasteiger partial charge on any atom is 0.298 e. The summed E-state index contributed by atoms with van der Waals surface area (Å²) in [7, 11) is 0. The van der Waals surface area contributed by atoms with Crippen LogP contribution in [0.25, 0.3) is 0 Å². The number of hydrogen-bond donors (Lipinski definition) is 0. The van der Waals surface area contributed by atoms with Gasteiger partial charge in [-0.05, 0) is 31.4 Å². The molecule has 1 heterocycles. The molecule has 1 aliphatic heterocycles. The maximum absolute atomic E-state index is 10.4. The molecule has 0 saturated carbocycles. The first-order valence-corrected chi connectivity index (χ1v) is 5.36. The van der Waals surface area contributed by atoms with Gasteiger partial charge in [-0.3, -0.25) is 4.79 Å². The van der Waals surface area contributed by atoms with Crippen LogP contribution >= 0.6 is 0 Å². The number of ether oxygens (including phenoxy) is 1. The summed E-state index contributed by atoms with van der Waals surface area (Å²) in [6, 6.07) is 7.69. The highest BCUT2D eigenvalue weighted by atomic mass is 16.5. The van der Waals surface area contributed by atoms with Gasteiger partial charge in [-0.2, -0.15) is 0 Å². The van der Waals surface area contributed by atoms with Gasteiger partial charge < -0.3 is 9.64 Å². The third-order valence-corrected chi connectivity index (χ3v) is 2.74. The topological polar surface area (TPSA) is 29.5 Å². The number of benzene rings is 1. The van der Waals surface area contributed by atoms with E-state index in [9.17, 15) is 4.79 Å². The zero-order chi connectivity index (χ0) is 10.5. The van der Waals surface area contributed by atoms with Crippen molar-refractivity contribution in [3.63, 3.8) is 0 Å². The standard InChI is InChI=1S/C12H15NO2/c14-10-15-12-7-3-2-6-11(12)13-8-4-1-5-9-13/h2-3,6-7,10H,1,4-5,8-9H2. The predicted molar refractivity (Wildman–Crippen MR) is 59.2 cm³/mol. The Labute approximate surface area is 89.7 Å². The minimum Gasteiger partial charge on any atom is -0.427 e. The predicted octanol–water partition coefficient (Wildman–Crippen LogP) is 2.21. The molecule has 0 unspecified atom stereocenters. The summed E-state index contributed by atoms with van der Waals surface area (Å²) in [6.45, 7) is 2.60. The first kappa shape index (κ1) is 10.0. The lowest BCUT2D eigenvalue weighted by Gasteiger charge is -2.29. The van der Waals surface area contributed by atoms with Crippen LogP contribution in [-0.2, 0) is 4.79 Å². The van der Waals surface area contributed by atoms with E-state index in [1.807, 2.05) is 24.3 Å². The third kappa shape index (κ3) is 2.29. The molecule has 1 fully saturated rings. The number of nitrogens with zero attached hydrogens (tertiary/aromatic N) is 1. The second kappa shape index (κ2) is 4.82. The van der Waals surface area contributed by atoms with Crippen molar-refractivity contribution in [3.8, 4) is 5.75 Å². The Kier molecular flexibility index (Phi) is 3.22. The molecule has 0 spiro atoms. The van der Waals surface area contributed by atoms with E-state index in [2.05, 4.69) is 4.90 Å². The summed E-state index contributed by atoms with van der Waals surface area (Å²) in [5, 5.41) is 0. The van der Waals surface area contributed by atoms with E-state index < -0.39 is 0 Å². The molecule has 0 aliphatic carbocycles. The number of rotatable bonds is 3. The average Bonchev–Trinajstić information content (AvgIpc) is 2.31. The number of piperidine rings is 1. The minimum atomic E-state index is 0.489. The molecule has 15 heavy (non-hydrogen) atoms. The minimum absolute atomic E-state index is 0.489. The molecule has 1 aromatic carbocycles. The van der Waals surface area contributed by atoms with Gasteiger partial charge in [0, 0.05) is 13.1 Å². The van der Waals surface area contributed by atoms with Gasteiger partial charge >= 0.3 is 0 Å². The molecule has 0 atom stereocenters. The van der Waals surface area contributed by atoms with Crippen LogP contribution in [0.3, 0.4) is 0 Å². The van der Waals surface area contributed by atoms with Gasteiger partial charge in [0.15, 0.2) is 5.75 Å². The fourth-order valence-corrected chi connectivity index (χ4v) is 2.00. The van der Waals surface area contributed by atoms with Crippen LogP contribution in [0, 0.1) is 0 Å². The monoisotopic (exact) mass is 205 g/mol. The van der Waals surface area contributed by atoms with Crippen molar-refractivity contribution in [2.75, 3.05) is 18.0 Å². The Hall–Kier alpha value is -1.51. The van der Waals surface area contributed by atoms with Crippen molar-refractivity contribution < 1.29 is 9.53 Å². The van der Waals surface area contributed by atoms with Crippen molar-refractivity contribution in [1.29, 1.82) is 0 Å². The molecule has 3 heteroatoms. The number of carbonyl (C=O) groups excluding carboxylic acids is 1. The van der Waals surface area contributed by atoms with Gasteiger partial charge in [-0.25, -0.2) is 0 Å². The zero-order valence-electron chi connectivity index (χ0n) is 8.69. The molecule has 1 aromatic rings. The summed E-state index contributed by atoms with van der Waals surface area (Å²) in [6.07, 6.45) is 3.73. The van der Waals surface area contributed by atoms with Gasteiger partial charge in [-0.15, -0.1) is 0 Å². The summed E-state index contributed by atoms with van der Waals surface area (Å²) in [5.41, 5.74) is 1.03. The molecule has 0 N–H and O–H groups in total. The summed E-state index contributed by atoms with van der Waals surface area (Å²) >= 11 is 0. The third-order valence-electron chi connectivity index (χ3n) is 2.74. The Morgan fingerprint density at radius 3 is 2.60 bits per heavy atom. The van der Waals surface area contributed by atoms with Crippen molar-refractivity contribution >= 4 is 12.2 Å². The van der Waals surface area contributed by atoms with Crippen LogP contribution in [0.5, 0.6) is 5.75 Å². The Morgan fingerprint density at radius 2 is 1.87 bits per heavy atom. The van der Waals surface area contributed by atoms with Gasteiger partial charge in [0.2, 0.25) is 0 Å². The molecular weight excluding hydrogens is 190 g/mol. The number of hydrogen-bond acceptors (Lipinski definition) is 3. The Morgan fingerprint density at radius 1 is 1.13 bits per heavy atom. The summed E-state index contributed by atoms with van der Waals surface area (Å²) in [5.74, 6) is 0.661. The number of para-hydroxylation sites is 2. The van der Waals surface area contributed by atoms with Gasteiger partial charge in [0.25, 0.3) is 6.47 Å². The van der Waals surface area contributed by atoms with Gasteiger partial charge in [0.05, 0.1) is 5.69 Å². The molecule has 0 bridgehead atoms. The van der Waals surface area contributed by atoms with Crippen molar-refractivity contribution in [2.24, 2.45) is 0 Å². The smallest absolute Gasteiger partial charge is 0.298 e. The number of carbonyl (C=O) groups is 1. The van der Waals surface area contributed by atoms with Crippen LogP contribution in [0.4, 0.5) is 5.69 Å². The molecule has 3 nitrogen and oxygen atoms in total. The van der Waals surface area contributed by atoms with Crippen LogP contribution in [0.2, 0.25) is 0 Å². The highest BCUT2D eigenvalue weighted by molar-refractivity contribution is 5.62. The number of anilines is 1. The van der Waals surface area contributed by atoms with Crippen molar-refractivity contribution in [2.45, 2.75) is 19.3 Å². The molecular formula is C12H15NO2. The summed E-state index contributed by atoms with van der Waals surface area (Å²) in [4.78, 5) is 12.6. The fraction of sp³-hybridized carbons (Fsp3) is 0.417. The van der Waals surface area contributed by atoms with E-state index in [1.165, 1.54) is 19.3 Å². The van der Waals surface area contributed by atoms with E-state index in [0.29, 0.717) is 12.2 Å². The van der Waals surface area contributed by atoms with Crippen molar-refractivity contribution in [1.82, 2.24) is 0 Å². The zero-order valence-corrected chi connectivity index (χ0v) is 8.69.